The molecule has 0 aliphatic heterocycles. The van der Waals surface area contributed by atoms with Gasteiger partial charge >= 0.3 is 6.18 Å². The first-order valence-electron chi connectivity index (χ1n) is 6.67. The van der Waals surface area contributed by atoms with Crippen LogP contribution in [0.4, 0.5) is 13.2 Å². The van der Waals surface area contributed by atoms with Crippen LogP contribution in [0.15, 0.2) is 24.3 Å². The Morgan fingerprint density at radius 1 is 1.20 bits per heavy atom. The Morgan fingerprint density at radius 3 is 2.40 bits per heavy atom. The highest BCUT2D eigenvalue weighted by Crippen LogP contribution is 2.30. The summed E-state index contributed by atoms with van der Waals surface area (Å²) in [5.74, 6) is 0.468. The Hall–Kier alpha value is -1.07. The molecule has 5 heteroatoms. The molecule has 0 heterocycles. The number of benzene rings is 1. The summed E-state index contributed by atoms with van der Waals surface area (Å²) >= 11 is 0. The molecule has 0 saturated heterocycles. The van der Waals surface area contributed by atoms with Gasteiger partial charge in [0, 0.05) is 0 Å². The summed E-state index contributed by atoms with van der Waals surface area (Å²) in [7, 11) is 0. The maximum atomic E-state index is 12.6. The molecule has 1 aromatic rings. The first-order valence-corrected chi connectivity index (χ1v) is 6.67. The van der Waals surface area contributed by atoms with E-state index in [1.54, 1.807) is 0 Å². The lowest BCUT2D eigenvalue weighted by atomic mass is 10.1. The second-order valence-electron chi connectivity index (χ2n) is 5.41. The molecular weight excluding hydrogens is 269 g/mol. The molecular formula is C15H21F3O2. The first kappa shape index (κ1) is 17.0. The minimum absolute atomic E-state index is 0.00476. The van der Waals surface area contributed by atoms with Crippen LogP contribution in [0.1, 0.15) is 44.4 Å². The zero-order chi connectivity index (χ0) is 15.3. The zero-order valence-electron chi connectivity index (χ0n) is 11.9. The average Bonchev–Trinajstić information content (AvgIpc) is 2.34. The fourth-order valence-corrected chi connectivity index (χ4v) is 2.01. The van der Waals surface area contributed by atoms with Gasteiger partial charge in [-0.05, 0) is 37.0 Å². The number of hydrogen-bond donors (Lipinski definition) is 1. The lowest BCUT2D eigenvalue weighted by Gasteiger charge is -2.18. The van der Waals surface area contributed by atoms with Crippen LogP contribution in [0.2, 0.25) is 0 Å². The van der Waals surface area contributed by atoms with Gasteiger partial charge in [0.1, 0.15) is 6.10 Å². The van der Waals surface area contributed by atoms with Gasteiger partial charge in [0.05, 0.1) is 18.3 Å². The number of rotatable bonds is 6. The Balaban J connectivity index is 2.62. The van der Waals surface area contributed by atoms with E-state index in [1.165, 1.54) is 12.1 Å². The molecule has 114 valence electrons. The van der Waals surface area contributed by atoms with Crippen molar-refractivity contribution in [2.75, 3.05) is 6.61 Å². The van der Waals surface area contributed by atoms with Crippen LogP contribution in [0, 0.1) is 5.92 Å². The standard InChI is InChI=1S/C15H21F3O2/c1-10(2)7-11(3)20-9-14(19)12-5-4-6-13(8-12)15(16,17)18/h4-6,8,10-11,14,19H,7,9H2,1-3H3. The van der Waals surface area contributed by atoms with Crippen LogP contribution in [-0.2, 0) is 10.9 Å². The Morgan fingerprint density at radius 2 is 1.85 bits per heavy atom. The molecule has 0 spiro atoms. The molecule has 2 unspecified atom stereocenters. The number of aliphatic hydroxyl groups excluding tert-OH is 1. The van der Waals surface area contributed by atoms with Crippen LogP contribution < -0.4 is 0 Å². The number of aliphatic hydroxyl groups is 1. The molecule has 2 nitrogen and oxygen atoms in total. The quantitative estimate of drug-likeness (QED) is 0.851. The minimum Gasteiger partial charge on any atom is -0.386 e. The third kappa shape index (κ3) is 5.51. The molecule has 0 aliphatic carbocycles. The molecule has 0 amide bonds. The molecule has 0 radical (unpaired) electrons. The highest BCUT2D eigenvalue weighted by Gasteiger charge is 2.30. The third-order valence-electron chi connectivity index (χ3n) is 2.94. The molecule has 0 aromatic heterocycles. The van der Waals surface area contributed by atoms with E-state index in [0.717, 1.165) is 18.6 Å². The van der Waals surface area contributed by atoms with E-state index in [1.807, 2.05) is 6.92 Å². The van der Waals surface area contributed by atoms with Crippen molar-refractivity contribution in [1.82, 2.24) is 0 Å². The van der Waals surface area contributed by atoms with Crippen molar-refractivity contribution in [3.05, 3.63) is 35.4 Å². The van der Waals surface area contributed by atoms with E-state index in [4.69, 9.17) is 4.74 Å². The highest BCUT2D eigenvalue weighted by molar-refractivity contribution is 5.27. The molecule has 0 saturated carbocycles. The van der Waals surface area contributed by atoms with E-state index in [-0.39, 0.29) is 18.3 Å². The van der Waals surface area contributed by atoms with Gasteiger partial charge in [-0.3, -0.25) is 0 Å². The molecule has 1 aromatic carbocycles. The molecule has 0 bridgehead atoms. The van der Waals surface area contributed by atoms with E-state index in [2.05, 4.69) is 13.8 Å². The Kier molecular flexibility index (Phi) is 6.02. The Bertz CT molecular complexity index is 416. The summed E-state index contributed by atoms with van der Waals surface area (Å²) in [5.41, 5.74) is -0.541. The van der Waals surface area contributed by atoms with Crippen molar-refractivity contribution in [3.8, 4) is 0 Å². The van der Waals surface area contributed by atoms with E-state index < -0.39 is 17.8 Å². The van der Waals surface area contributed by atoms with Gasteiger partial charge < -0.3 is 9.84 Å². The highest BCUT2D eigenvalue weighted by atomic mass is 19.4. The van der Waals surface area contributed by atoms with Crippen molar-refractivity contribution in [1.29, 1.82) is 0 Å². The number of alkyl halides is 3. The minimum atomic E-state index is -4.40. The van der Waals surface area contributed by atoms with Gasteiger partial charge in [0.15, 0.2) is 0 Å². The third-order valence-corrected chi connectivity index (χ3v) is 2.94. The summed E-state index contributed by atoms with van der Waals surface area (Å²) in [6.07, 6.45) is -4.64. The van der Waals surface area contributed by atoms with Crippen molar-refractivity contribution < 1.29 is 23.0 Å². The van der Waals surface area contributed by atoms with Gasteiger partial charge in [0.2, 0.25) is 0 Å². The summed E-state index contributed by atoms with van der Waals surface area (Å²) in [4.78, 5) is 0. The van der Waals surface area contributed by atoms with Crippen molar-refractivity contribution >= 4 is 0 Å². The summed E-state index contributed by atoms with van der Waals surface area (Å²) in [5, 5.41) is 9.90. The summed E-state index contributed by atoms with van der Waals surface area (Å²) in [6, 6.07) is 4.70. The van der Waals surface area contributed by atoms with E-state index >= 15 is 0 Å². The fraction of sp³-hybridized carbons (Fsp3) is 0.600. The summed E-state index contributed by atoms with van der Waals surface area (Å²) in [6.45, 7) is 6.00. The van der Waals surface area contributed by atoms with Crippen LogP contribution in [0.3, 0.4) is 0 Å². The van der Waals surface area contributed by atoms with Crippen LogP contribution in [0.5, 0.6) is 0 Å². The van der Waals surface area contributed by atoms with Gasteiger partial charge in [-0.25, -0.2) is 0 Å². The SMILES string of the molecule is CC(C)CC(C)OCC(O)c1cccc(C(F)(F)F)c1. The smallest absolute Gasteiger partial charge is 0.386 e. The van der Waals surface area contributed by atoms with Crippen LogP contribution in [0.25, 0.3) is 0 Å². The normalized spacial score (nSPS) is 15.4. The first-order chi connectivity index (χ1) is 9.20. The molecule has 0 fully saturated rings. The van der Waals surface area contributed by atoms with Gasteiger partial charge in [-0.2, -0.15) is 13.2 Å². The van der Waals surface area contributed by atoms with Gasteiger partial charge in [0.25, 0.3) is 0 Å². The van der Waals surface area contributed by atoms with Crippen LogP contribution in [-0.4, -0.2) is 17.8 Å². The molecule has 2 atom stereocenters. The molecule has 0 aliphatic rings. The predicted molar refractivity (Wildman–Crippen MR) is 71.3 cm³/mol. The largest absolute Gasteiger partial charge is 0.416 e. The van der Waals surface area contributed by atoms with E-state index in [0.29, 0.717) is 5.92 Å². The number of ether oxygens (including phenoxy) is 1. The van der Waals surface area contributed by atoms with Gasteiger partial charge in [-0.1, -0.05) is 26.0 Å². The Labute approximate surface area is 117 Å². The second kappa shape index (κ2) is 7.09. The topological polar surface area (TPSA) is 29.5 Å². The number of halogens is 3. The fourth-order valence-electron chi connectivity index (χ4n) is 2.01. The summed E-state index contributed by atoms with van der Waals surface area (Å²) < 4.78 is 43.2. The van der Waals surface area contributed by atoms with Crippen LogP contribution >= 0.6 is 0 Å². The van der Waals surface area contributed by atoms with Crippen molar-refractivity contribution in [3.63, 3.8) is 0 Å². The number of hydrogen-bond acceptors (Lipinski definition) is 2. The van der Waals surface area contributed by atoms with Gasteiger partial charge in [-0.15, -0.1) is 0 Å². The maximum Gasteiger partial charge on any atom is 0.416 e. The maximum absolute atomic E-state index is 12.6. The molecule has 1 rings (SSSR count). The lowest BCUT2D eigenvalue weighted by molar-refractivity contribution is -0.137. The average molecular weight is 290 g/mol. The molecule has 20 heavy (non-hydrogen) atoms. The monoisotopic (exact) mass is 290 g/mol. The van der Waals surface area contributed by atoms with E-state index in [9.17, 15) is 18.3 Å². The van der Waals surface area contributed by atoms with Crippen molar-refractivity contribution in [2.24, 2.45) is 5.92 Å². The second-order valence-corrected chi connectivity index (χ2v) is 5.41. The zero-order valence-corrected chi connectivity index (χ0v) is 11.9. The molecule has 1 N–H and O–H groups in total. The lowest BCUT2D eigenvalue weighted by Crippen LogP contribution is -2.17. The predicted octanol–water partition coefficient (Wildman–Crippen LogP) is 4.19. The van der Waals surface area contributed by atoms with Crippen molar-refractivity contribution in [2.45, 2.75) is 45.6 Å².